The summed E-state index contributed by atoms with van der Waals surface area (Å²) >= 11 is 0. The van der Waals surface area contributed by atoms with Crippen LogP contribution < -0.4 is 5.73 Å². The number of unbranched alkanes of at least 4 members (excludes halogenated alkanes) is 20. The third-order valence-electron chi connectivity index (χ3n) is 9.19. The van der Waals surface area contributed by atoms with E-state index < -0.39 is 32.5 Å². The van der Waals surface area contributed by atoms with Crippen molar-refractivity contribution in [3.05, 3.63) is 48.6 Å². The van der Waals surface area contributed by atoms with Gasteiger partial charge in [0.15, 0.2) is 6.10 Å². The van der Waals surface area contributed by atoms with Crippen molar-refractivity contribution in [2.75, 3.05) is 26.4 Å². The van der Waals surface area contributed by atoms with E-state index >= 15 is 0 Å². The van der Waals surface area contributed by atoms with Gasteiger partial charge in [0.05, 0.1) is 13.2 Å². The second-order valence-electron chi connectivity index (χ2n) is 14.6. The van der Waals surface area contributed by atoms with Crippen LogP contribution in [0.1, 0.15) is 194 Å². The van der Waals surface area contributed by atoms with Crippen molar-refractivity contribution in [3.8, 4) is 0 Å². The van der Waals surface area contributed by atoms with Crippen molar-refractivity contribution in [3.63, 3.8) is 0 Å². The molecular formula is C45H82NO8P. The Balaban J connectivity index is 4.16. The fraction of sp³-hybridized carbons (Fsp3) is 0.778. The summed E-state index contributed by atoms with van der Waals surface area (Å²) in [6.45, 7) is 3.66. The minimum atomic E-state index is -4.38. The van der Waals surface area contributed by atoms with Gasteiger partial charge in [0.2, 0.25) is 0 Å². The van der Waals surface area contributed by atoms with E-state index in [4.69, 9.17) is 24.3 Å². The number of rotatable bonds is 41. The van der Waals surface area contributed by atoms with Crippen LogP contribution in [0.4, 0.5) is 0 Å². The van der Waals surface area contributed by atoms with Crippen molar-refractivity contribution < 1.29 is 37.6 Å². The lowest BCUT2D eigenvalue weighted by atomic mass is 10.1. The molecular weight excluding hydrogens is 713 g/mol. The summed E-state index contributed by atoms with van der Waals surface area (Å²) in [5.41, 5.74) is 5.35. The first-order valence-electron chi connectivity index (χ1n) is 22.1. The lowest BCUT2D eigenvalue weighted by molar-refractivity contribution is -0.161. The molecule has 0 radical (unpaired) electrons. The Labute approximate surface area is 336 Å². The van der Waals surface area contributed by atoms with Crippen molar-refractivity contribution in [2.24, 2.45) is 5.73 Å². The SMILES string of the molecule is CCCCCC=CCC=CCCCCCCCCCCCC(=O)OC(COC(=O)CCCCCCCC=CCC=CCCCCC)COP(=O)(O)OCCN. The molecule has 0 aliphatic heterocycles. The predicted octanol–water partition coefficient (Wildman–Crippen LogP) is 12.7. The molecule has 9 nitrogen and oxygen atoms in total. The zero-order chi connectivity index (χ0) is 40.3. The summed E-state index contributed by atoms with van der Waals surface area (Å²) in [4.78, 5) is 34.9. The number of nitrogens with two attached hydrogens (primary N) is 1. The lowest BCUT2D eigenvalue weighted by Gasteiger charge is -2.19. The lowest BCUT2D eigenvalue weighted by Crippen LogP contribution is -2.29. The molecule has 0 saturated carbocycles. The largest absolute Gasteiger partial charge is 0.472 e. The van der Waals surface area contributed by atoms with E-state index in [1.165, 1.54) is 83.5 Å². The van der Waals surface area contributed by atoms with Crippen LogP contribution in [0.5, 0.6) is 0 Å². The fourth-order valence-corrected chi connectivity index (χ4v) is 6.64. The van der Waals surface area contributed by atoms with E-state index in [0.717, 1.165) is 70.6 Å². The molecule has 55 heavy (non-hydrogen) atoms. The summed E-state index contributed by atoms with van der Waals surface area (Å²) in [5, 5.41) is 0. The molecule has 10 heteroatoms. The fourth-order valence-electron chi connectivity index (χ4n) is 5.87. The molecule has 0 heterocycles. The Kier molecular flexibility index (Phi) is 40.1. The second kappa shape index (κ2) is 41.6. The molecule has 0 aromatic carbocycles. The number of phosphoric ester groups is 1. The maximum absolute atomic E-state index is 12.6. The number of ether oxygens (including phenoxy) is 2. The van der Waals surface area contributed by atoms with Gasteiger partial charge in [-0.1, -0.05) is 152 Å². The third-order valence-corrected chi connectivity index (χ3v) is 10.2. The Bertz CT molecular complexity index is 1040. The average molecular weight is 796 g/mol. The monoisotopic (exact) mass is 796 g/mol. The van der Waals surface area contributed by atoms with Crippen LogP contribution in [0.25, 0.3) is 0 Å². The number of hydrogen-bond acceptors (Lipinski definition) is 8. The highest BCUT2D eigenvalue weighted by molar-refractivity contribution is 7.47. The normalized spacial score (nSPS) is 13.7. The smallest absolute Gasteiger partial charge is 0.462 e. The number of allylic oxidation sites excluding steroid dienone is 8. The van der Waals surface area contributed by atoms with Gasteiger partial charge in [-0.05, 0) is 77.0 Å². The summed E-state index contributed by atoms with van der Waals surface area (Å²) in [6, 6.07) is 0. The minimum absolute atomic E-state index is 0.0493. The number of carbonyl (C=O) groups is 2. The Hall–Kier alpha value is -2.03. The van der Waals surface area contributed by atoms with Crippen molar-refractivity contribution in [2.45, 2.75) is 200 Å². The average Bonchev–Trinajstić information content (AvgIpc) is 3.17. The number of hydrogen-bond donors (Lipinski definition) is 2. The summed E-state index contributed by atoms with van der Waals surface area (Å²) in [7, 11) is -4.38. The van der Waals surface area contributed by atoms with Crippen LogP contribution in [0.3, 0.4) is 0 Å². The Morgan fingerprint density at radius 3 is 1.38 bits per heavy atom. The van der Waals surface area contributed by atoms with Gasteiger partial charge < -0.3 is 20.1 Å². The zero-order valence-corrected chi connectivity index (χ0v) is 36.0. The highest BCUT2D eigenvalue weighted by atomic mass is 31.2. The van der Waals surface area contributed by atoms with E-state index in [0.29, 0.717) is 12.8 Å². The first kappa shape index (κ1) is 53.0. The Morgan fingerprint density at radius 2 is 0.945 bits per heavy atom. The number of carbonyl (C=O) groups excluding carboxylic acids is 2. The van der Waals surface area contributed by atoms with Gasteiger partial charge in [0.25, 0.3) is 0 Å². The van der Waals surface area contributed by atoms with E-state index in [1.54, 1.807) is 0 Å². The van der Waals surface area contributed by atoms with Crippen LogP contribution in [0, 0.1) is 0 Å². The van der Waals surface area contributed by atoms with Crippen molar-refractivity contribution in [1.82, 2.24) is 0 Å². The van der Waals surface area contributed by atoms with Crippen molar-refractivity contribution in [1.29, 1.82) is 0 Å². The predicted molar refractivity (Wildman–Crippen MR) is 229 cm³/mol. The number of esters is 2. The van der Waals surface area contributed by atoms with Gasteiger partial charge in [-0.2, -0.15) is 0 Å². The summed E-state index contributed by atoms with van der Waals surface area (Å²) in [5.74, 6) is -0.849. The molecule has 2 atom stereocenters. The molecule has 0 fully saturated rings. The van der Waals surface area contributed by atoms with E-state index in [9.17, 15) is 19.0 Å². The summed E-state index contributed by atoms with van der Waals surface area (Å²) < 4.78 is 32.8. The highest BCUT2D eigenvalue weighted by Gasteiger charge is 2.26. The molecule has 0 spiro atoms. The van der Waals surface area contributed by atoms with Crippen LogP contribution in [0.2, 0.25) is 0 Å². The quantitative estimate of drug-likeness (QED) is 0.0268. The molecule has 0 aliphatic carbocycles. The van der Waals surface area contributed by atoms with Crippen LogP contribution in [-0.4, -0.2) is 49.3 Å². The maximum atomic E-state index is 12.6. The molecule has 0 amide bonds. The highest BCUT2D eigenvalue weighted by Crippen LogP contribution is 2.43. The maximum Gasteiger partial charge on any atom is 0.472 e. The standard InChI is InChI=1S/C45H82NO8P/c1-3-5-7-9-11-13-15-17-19-20-21-22-24-26-28-30-32-34-36-38-45(48)54-43(42-53-55(49,50)52-40-39-46)41-51-44(47)37-35-33-31-29-27-25-23-18-16-14-12-10-8-6-4-2/h11-14,17-19,23,43H,3-10,15-16,20-22,24-42,46H2,1-2H3,(H,49,50). The molecule has 0 aromatic heterocycles. The van der Waals surface area contributed by atoms with E-state index in [-0.39, 0.29) is 32.6 Å². The van der Waals surface area contributed by atoms with E-state index in [1.807, 2.05) is 0 Å². The minimum Gasteiger partial charge on any atom is -0.462 e. The van der Waals surface area contributed by atoms with Gasteiger partial charge >= 0.3 is 19.8 Å². The van der Waals surface area contributed by atoms with Crippen LogP contribution in [0.15, 0.2) is 48.6 Å². The topological polar surface area (TPSA) is 134 Å². The molecule has 0 saturated heterocycles. The molecule has 0 aliphatic rings. The van der Waals surface area contributed by atoms with Gasteiger partial charge in [-0.25, -0.2) is 4.57 Å². The molecule has 2 unspecified atom stereocenters. The van der Waals surface area contributed by atoms with Gasteiger partial charge in [0.1, 0.15) is 6.61 Å². The molecule has 0 aromatic rings. The molecule has 0 rings (SSSR count). The molecule has 320 valence electrons. The summed E-state index contributed by atoms with van der Waals surface area (Å²) in [6.07, 6.45) is 47.0. The second-order valence-corrected chi connectivity index (χ2v) is 16.0. The van der Waals surface area contributed by atoms with Gasteiger partial charge in [0, 0.05) is 19.4 Å². The molecule has 0 bridgehead atoms. The van der Waals surface area contributed by atoms with Crippen LogP contribution >= 0.6 is 7.82 Å². The van der Waals surface area contributed by atoms with Gasteiger partial charge in [-0.3, -0.25) is 18.6 Å². The zero-order valence-electron chi connectivity index (χ0n) is 35.2. The van der Waals surface area contributed by atoms with E-state index in [2.05, 4.69) is 62.5 Å². The number of phosphoric acid groups is 1. The third kappa shape index (κ3) is 41.4. The van der Waals surface area contributed by atoms with Crippen molar-refractivity contribution >= 4 is 19.8 Å². The Morgan fingerprint density at radius 1 is 0.545 bits per heavy atom. The first-order chi connectivity index (χ1) is 26.8. The van der Waals surface area contributed by atoms with Gasteiger partial charge in [-0.15, -0.1) is 0 Å². The van der Waals surface area contributed by atoms with Crippen LogP contribution in [-0.2, 0) is 32.7 Å². The molecule has 3 N–H and O–H groups in total. The first-order valence-corrected chi connectivity index (χ1v) is 23.6.